The molecule has 17 heteroatoms. The largest absolute Gasteiger partial charge is 0.497 e. The zero-order valence-corrected chi connectivity index (χ0v) is 29.6. The lowest BCUT2D eigenvalue weighted by molar-refractivity contribution is -0.797. The number of benzene rings is 2. The Morgan fingerprint density at radius 1 is 1.14 bits per heavy atom. The SMILES string of the molecule is COC(=N[N+](=O)O)NCCCC(C)(C)CN(C[C@@H](O)[C@H](Cc1ccccc1)NC(=O)O[C@H]1CO[C@H]2OCC[C@H]21)S(=O)(=O)c1ccc(OC)cc1. The molecule has 2 heterocycles. The molecule has 0 bridgehead atoms. The third-order valence-electron chi connectivity index (χ3n) is 8.68. The van der Waals surface area contributed by atoms with Gasteiger partial charge in [-0.25, -0.2) is 18.4 Å². The lowest BCUT2D eigenvalue weighted by Gasteiger charge is -2.35. The molecule has 0 spiro atoms. The maximum atomic E-state index is 14.2. The number of hydrogen-bond donors (Lipinski definition) is 4. The van der Waals surface area contributed by atoms with E-state index in [9.17, 15) is 23.2 Å². The lowest BCUT2D eigenvalue weighted by Crippen LogP contribution is -2.52. The monoisotopic (exact) mass is 722 g/mol. The van der Waals surface area contributed by atoms with Crippen LogP contribution >= 0.6 is 0 Å². The predicted octanol–water partition coefficient (Wildman–Crippen LogP) is 2.63. The summed E-state index contributed by atoms with van der Waals surface area (Å²) in [6.45, 7) is 4.50. The third kappa shape index (κ3) is 11.0. The van der Waals surface area contributed by atoms with Gasteiger partial charge in [-0.15, -0.1) is 0 Å². The highest BCUT2D eigenvalue weighted by Crippen LogP contribution is 2.33. The number of aliphatic hydroxyl groups excluding tert-OH is 1. The van der Waals surface area contributed by atoms with Crippen LogP contribution in [-0.4, -0.2) is 112 Å². The lowest BCUT2D eigenvalue weighted by atomic mass is 9.87. The summed E-state index contributed by atoms with van der Waals surface area (Å²) < 4.78 is 56.6. The highest BCUT2D eigenvalue weighted by atomic mass is 32.2. The van der Waals surface area contributed by atoms with Gasteiger partial charge in [-0.1, -0.05) is 44.2 Å². The summed E-state index contributed by atoms with van der Waals surface area (Å²) in [6, 6.07) is 14.1. The molecule has 2 aromatic carbocycles. The molecule has 5 atom stereocenters. The van der Waals surface area contributed by atoms with Gasteiger partial charge in [0, 0.05) is 19.6 Å². The molecule has 2 aliphatic rings. The van der Waals surface area contributed by atoms with E-state index in [1.54, 1.807) is 12.1 Å². The maximum absolute atomic E-state index is 14.2. The van der Waals surface area contributed by atoms with Crippen LogP contribution in [0.2, 0.25) is 0 Å². The van der Waals surface area contributed by atoms with Crippen LogP contribution in [-0.2, 0) is 35.4 Å². The van der Waals surface area contributed by atoms with E-state index >= 15 is 0 Å². The molecule has 16 nitrogen and oxygen atoms in total. The number of aliphatic hydroxyl groups is 1. The van der Waals surface area contributed by atoms with E-state index in [1.807, 2.05) is 44.2 Å². The van der Waals surface area contributed by atoms with Crippen molar-refractivity contribution in [3.05, 3.63) is 65.1 Å². The first-order chi connectivity index (χ1) is 23.8. The molecule has 0 saturated carbocycles. The van der Waals surface area contributed by atoms with Gasteiger partial charge >= 0.3 is 17.1 Å². The summed E-state index contributed by atoms with van der Waals surface area (Å²) in [4.78, 5) is 24.1. The number of sulfonamides is 1. The van der Waals surface area contributed by atoms with Gasteiger partial charge in [0.1, 0.15) is 16.8 Å². The van der Waals surface area contributed by atoms with Crippen molar-refractivity contribution in [3.8, 4) is 5.75 Å². The fraction of sp³-hybridized carbons (Fsp3) is 0.576. The molecule has 0 unspecified atom stereocenters. The number of methoxy groups -OCH3 is 2. The van der Waals surface area contributed by atoms with E-state index in [0.29, 0.717) is 38.2 Å². The molecule has 2 fully saturated rings. The van der Waals surface area contributed by atoms with E-state index in [0.717, 1.165) is 5.56 Å². The van der Waals surface area contributed by atoms with Crippen LogP contribution in [0.3, 0.4) is 0 Å². The number of rotatable bonds is 17. The van der Waals surface area contributed by atoms with Gasteiger partial charge in [-0.3, -0.25) is 0 Å². The second-order valence-corrected chi connectivity index (χ2v) is 14.9. The van der Waals surface area contributed by atoms with Gasteiger partial charge in [0.2, 0.25) is 10.0 Å². The Bertz CT molecular complexity index is 1540. The Balaban J connectivity index is 1.53. The van der Waals surface area contributed by atoms with Crippen LogP contribution in [0.4, 0.5) is 4.79 Å². The Kier molecular flexibility index (Phi) is 13.8. The van der Waals surface area contributed by atoms with Crippen LogP contribution in [0.25, 0.3) is 0 Å². The molecule has 0 aromatic heterocycles. The molecule has 2 saturated heterocycles. The first-order valence-corrected chi connectivity index (χ1v) is 17.8. The fourth-order valence-corrected chi connectivity index (χ4v) is 7.69. The molecule has 50 heavy (non-hydrogen) atoms. The molecule has 4 rings (SSSR count). The van der Waals surface area contributed by atoms with E-state index in [2.05, 4.69) is 15.7 Å². The minimum absolute atomic E-state index is 0.0108. The van der Waals surface area contributed by atoms with Gasteiger partial charge < -0.3 is 39.4 Å². The number of nitrogens with one attached hydrogen (secondary N) is 2. The van der Waals surface area contributed by atoms with Crippen molar-refractivity contribution in [3.63, 3.8) is 0 Å². The third-order valence-corrected chi connectivity index (χ3v) is 10.5. The first kappa shape index (κ1) is 38.8. The highest BCUT2D eigenvalue weighted by Gasteiger charge is 2.44. The number of alkyl carbamates (subject to hydrolysis) is 1. The van der Waals surface area contributed by atoms with Gasteiger partial charge in [-0.05, 0) is 60.9 Å². The van der Waals surface area contributed by atoms with Crippen molar-refractivity contribution in [2.45, 2.75) is 69.0 Å². The minimum atomic E-state index is -4.16. The van der Waals surface area contributed by atoms with Gasteiger partial charge in [0.25, 0.3) is 0 Å². The van der Waals surface area contributed by atoms with Crippen molar-refractivity contribution in [1.29, 1.82) is 0 Å². The van der Waals surface area contributed by atoms with Gasteiger partial charge in [-0.2, -0.15) is 4.31 Å². The second kappa shape index (κ2) is 17.8. The first-order valence-electron chi connectivity index (χ1n) is 16.4. The van der Waals surface area contributed by atoms with E-state index in [-0.39, 0.29) is 43.0 Å². The Labute approximate surface area is 292 Å². The van der Waals surface area contributed by atoms with E-state index in [1.165, 1.54) is 30.7 Å². The molecule has 1 amide bonds. The topological polar surface area (TPSA) is 198 Å². The highest BCUT2D eigenvalue weighted by molar-refractivity contribution is 7.89. The molecule has 2 aromatic rings. The number of amidine groups is 1. The predicted molar refractivity (Wildman–Crippen MR) is 180 cm³/mol. The number of fused-ring (bicyclic) bond motifs is 1. The maximum Gasteiger partial charge on any atom is 0.407 e. The number of hydrogen-bond acceptors (Lipinski definition) is 10. The minimum Gasteiger partial charge on any atom is -0.497 e. The number of ether oxygens (including phenoxy) is 5. The summed E-state index contributed by atoms with van der Waals surface area (Å²) in [7, 11) is -1.39. The normalized spacial score (nSPS) is 20.5. The molecule has 0 aliphatic carbocycles. The van der Waals surface area contributed by atoms with E-state index < -0.39 is 51.1 Å². The zero-order chi connectivity index (χ0) is 36.3. The molecule has 2 aliphatic heterocycles. The van der Waals surface area contributed by atoms with Crippen molar-refractivity contribution in [2.24, 2.45) is 16.4 Å². The van der Waals surface area contributed by atoms with Crippen molar-refractivity contribution >= 4 is 22.1 Å². The summed E-state index contributed by atoms with van der Waals surface area (Å²) >= 11 is 0. The number of amides is 1. The van der Waals surface area contributed by atoms with Gasteiger partial charge in [0.05, 0.1) is 50.4 Å². The zero-order valence-electron chi connectivity index (χ0n) is 28.8. The summed E-state index contributed by atoms with van der Waals surface area (Å²) in [5, 5.41) is 28.8. The average molecular weight is 723 g/mol. The van der Waals surface area contributed by atoms with Crippen LogP contribution in [0.15, 0.2) is 64.6 Å². The number of carbonyl (C=O) groups excluding carboxylic acids is 1. The Morgan fingerprint density at radius 3 is 2.52 bits per heavy atom. The number of hydrazone groups is 1. The Morgan fingerprint density at radius 2 is 1.86 bits per heavy atom. The quantitative estimate of drug-likeness (QED) is 0.0808. The molecule has 4 N–H and O–H groups in total. The van der Waals surface area contributed by atoms with Crippen LogP contribution in [0.1, 0.15) is 38.7 Å². The molecular weight excluding hydrogens is 674 g/mol. The Hall–Kier alpha value is -4.03. The van der Waals surface area contributed by atoms with Crippen molar-refractivity contribution in [1.82, 2.24) is 14.9 Å². The molecular formula is C33H48N5O11S+. The molecule has 276 valence electrons. The van der Waals surface area contributed by atoms with Crippen LogP contribution in [0.5, 0.6) is 5.75 Å². The number of nitrogens with zero attached hydrogens (tertiary/aromatic N) is 3. The summed E-state index contributed by atoms with van der Waals surface area (Å²) in [5.41, 5.74) is 0.208. The second-order valence-electron chi connectivity index (χ2n) is 13.0. The summed E-state index contributed by atoms with van der Waals surface area (Å²) in [6.07, 6.45) is -1.08. The van der Waals surface area contributed by atoms with Crippen LogP contribution < -0.4 is 15.4 Å². The average Bonchev–Trinajstić information content (AvgIpc) is 3.71. The standard InChI is InChI=1S/C33H47N5O11S/c1-33(2,16-8-17-34-31(46-4)36-38(41)42)22-37(50(43,44)25-13-11-24(45-3)12-14-25)20-28(39)27(19-23-9-6-5-7-10-23)35-32(40)49-29-21-48-30-26(29)15-18-47-30/h5-7,9-14,26-30,39H,8,15-22H2,1-4H3,(H2-,34,35,36,40,41,42)/p+1/t26-,27-,28+,29-,30+/m0/s1. The fourth-order valence-electron chi connectivity index (χ4n) is 6.05. The van der Waals surface area contributed by atoms with E-state index in [4.69, 9.17) is 28.9 Å². The van der Waals surface area contributed by atoms with Crippen molar-refractivity contribution < 1.29 is 52.2 Å². The van der Waals surface area contributed by atoms with Crippen molar-refractivity contribution in [2.75, 3.05) is 47.1 Å². The van der Waals surface area contributed by atoms with Gasteiger partial charge in [0.15, 0.2) is 11.4 Å². The summed E-state index contributed by atoms with van der Waals surface area (Å²) in [5.74, 6) is 0.405. The smallest absolute Gasteiger partial charge is 0.407 e. The van der Waals surface area contributed by atoms with Crippen LogP contribution in [0, 0.1) is 16.2 Å². The molecule has 0 radical (unpaired) electrons. The number of carbonyl (C=O) groups is 1.